The number of rotatable bonds is 3. The quantitative estimate of drug-likeness (QED) is 0.809. The van der Waals surface area contributed by atoms with E-state index in [1.54, 1.807) is 6.20 Å². The zero-order valence-corrected chi connectivity index (χ0v) is 11.4. The SMILES string of the molecule is CC(C)C1CCC(Nc2cccnc2Cl)CC1. The van der Waals surface area contributed by atoms with Gasteiger partial charge in [0.25, 0.3) is 0 Å². The molecular formula is C14H21ClN2. The molecule has 1 aliphatic carbocycles. The second-order valence-corrected chi connectivity index (χ2v) is 5.70. The molecule has 0 amide bonds. The van der Waals surface area contributed by atoms with Gasteiger partial charge in [-0.15, -0.1) is 0 Å². The third kappa shape index (κ3) is 3.35. The molecule has 17 heavy (non-hydrogen) atoms. The van der Waals surface area contributed by atoms with E-state index >= 15 is 0 Å². The summed E-state index contributed by atoms with van der Waals surface area (Å²) < 4.78 is 0. The Balaban J connectivity index is 1.88. The largest absolute Gasteiger partial charge is 0.380 e. The van der Waals surface area contributed by atoms with Gasteiger partial charge in [-0.05, 0) is 49.7 Å². The molecule has 94 valence electrons. The lowest BCUT2D eigenvalue weighted by Crippen LogP contribution is -2.28. The van der Waals surface area contributed by atoms with Crippen LogP contribution in [0.1, 0.15) is 39.5 Å². The van der Waals surface area contributed by atoms with Gasteiger partial charge in [-0.1, -0.05) is 25.4 Å². The van der Waals surface area contributed by atoms with Crippen molar-refractivity contribution in [2.45, 2.75) is 45.6 Å². The fourth-order valence-corrected chi connectivity index (χ4v) is 2.82. The highest BCUT2D eigenvalue weighted by molar-refractivity contribution is 6.31. The van der Waals surface area contributed by atoms with Crippen LogP contribution in [0, 0.1) is 11.8 Å². The number of pyridine rings is 1. The molecule has 3 heteroatoms. The van der Waals surface area contributed by atoms with Crippen molar-refractivity contribution < 1.29 is 0 Å². The van der Waals surface area contributed by atoms with E-state index in [4.69, 9.17) is 11.6 Å². The summed E-state index contributed by atoms with van der Waals surface area (Å²) in [4.78, 5) is 4.09. The molecule has 0 bridgehead atoms. The van der Waals surface area contributed by atoms with Crippen molar-refractivity contribution in [1.29, 1.82) is 0 Å². The van der Waals surface area contributed by atoms with Gasteiger partial charge in [-0.2, -0.15) is 0 Å². The average Bonchev–Trinajstić information content (AvgIpc) is 2.33. The van der Waals surface area contributed by atoms with E-state index in [0.29, 0.717) is 11.2 Å². The van der Waals surface area contributed by atoms with Crippen LogP contribution in [-0.2, 0) is 0 Å². The Labute approximate surface area is 109 Å². The molecule has 0 spiro atoms. The predicted molar refractivity (Wildman–Crippen MR) is 73.5 cm³/mol. The summed E-state index contributed by atoms with van der Waals surface area (Å²) in [5.41, 5.74) is 0.974. The van der Waals surface area contributed by atoms with E-state index in [2.05, 4.69) is 24.1 Å². The van der Waals surface area contributed by atoms with Crippen LogP contribution in [0.4, 0.5) is 5.69 Å². The van der Waals surface area contributed by atoms with Crippen LogP contribution in [-0.4, -0.2) is 11.0 Å². The number of nitrogens with one attached hydrogen (secondary N) is 1. The molecule has 0 atom stereocenters. The lowest BCUT2D eigenvalue weighted by atomic mass is 9.79. The molecule has 1 fully saturated rings. The van der Waals surface area contributed by atoms with E-state index in [1.807, 2.05) is 12.1 Å². The van der Waals surface area contributed by atoms with Crippen LogP contribution in [0.3, 0.4) is 0 Å². The van der Waals surface area contributed by atoms with Gasteiger partial charge in [0, 0.05) is 12.2 Å². The second-order valence-electron chi connectivity index (χ2n) is 5.34. The molecule has 0 unspecified atom stereocenters. The lowest BCUT2D eigenvalue weighted by molar-refractivity contribution is 0.267. The molecule has 1 N–H and O–H groups in total. The van der Waals surface area contributed by atoms with Crippen LogP contribution >= 0.6 is 11.6 Å². The Morgan fingerprint density at radius 2 is 2.00 bits per heavy atom. The molecule has 0 saturated heterocycles. The first-order valence-electron chi connectivity index (χ1n) is 6.54. The van der Waals surface area contributed by atoms with Gasteiger partial charge in [0.05, 0.1) is 5.69 Å². The third-order valence-corrected chi connectivity index (χ3v) is 4.13. The zero-order chi connectivity index (χ0) is 12.3. The first-order chi connectivity index (χ1) is 8.16. The van der Waals surface area contributed by atoms with E-state index in [-0.39, 0.29) is 0 Å². The number of aromatic nitrogens is 1. The summed E-state index contributed by atoms with van der Waals surface area (Å²) in [7, 11) is 0. The van der Waals surface area contributed by atoms with Crippen LogP contribution in [0.15, 0.2) is 18.3 Å². The van der Waals surface area contributed by atoms with Crippen molar-refractivity contribution in [2.75, 3.05) is 5.32 Å². The van der Waals surface area contributed by atoms with Gasteiger partial charge in [0.1, 0.15) is 0 Å². The van der Waals surface area contributed by atoms with Crippen LogP contribution in [0.5, 0.6) is 0 Å². The minimum atomic E-state index is 0.562. The highest BCUT2D eigenvalue weighted by Gasteiger charge is 2.23. The van der Waals surface area contributed by atoms with Crippen molar-refractivity contribution in [2.24, 2.45) is 11.8 Å². The lowest BCUT2D eigenvalue weighted by Gasteiger charge is -2.31. The first kappa shape index (κ1) is 12.7. The van der Waals surface area contributed by atoms with E-state index in [1.165, 1.54) is 25.7 Å². The van der Waals surface area contributed by atoms with Gasteiger partial charge < -0.3 is 5.32 Å². The predicted octanol–water partition coefficient (Wildman–Crippen LogP) is 4.36. The summed E-state index contributed by atoms with van der Waals surface area (Å²) in [5.74, 6) is 1.72. The molecule has 2 nitrogen and oxygen atoms in total. The van der Waals surface area contributed by atoms with Crippen LogP contribution in [0.2, 0.25) is 5.15 Å². The fraction of sp³-hybridized carbons (Fsp3) is 0.643. The maximum atomic E-state index is 6.05. The monoisotopic (exact) mass is 252 g/mol. The molecule has 1 aromatic rings. The van der Waals surface area contributed by atoms with E-state index in [9.17, 15) is 0 Å². The molecule has 1 saturated carbocycles. The van der Waals surface area contributed by atoms with Gasteiger partial charge in [-0.3, -0.25) is 0 Å². The fourth-order valence-electron chi connectivity index (χ4n) is 2.64. The van der Waals surface area contributed by atoms with E-state index < -0.39 is 0 Å². The average molecular weight is 253 g/mol. The Bertz CT molecular complexity index is 357. The number of halogens is 1. The van der Waals surface area contributed by atoms with Gasteiger partial charge >= 0.3 is 0 Å². The van der Waals surface area contributed by atoms with Gasteiger partial charge in [0.15, 0.2) is 5.15 Å². The highest BCUT2D eigenvalue weighted by Crippen LogP contribution is 2.32. The normalized spacial score (nSPS) is 24.9. The van der Waals surface area contributed by atoms with Crippen molar-refractivity contribution >= 4 is 17.3 Å². The summed E-state index contributed by atoms with van der Waals surface area (Å²) in [6, 6.07) is 4.49. The van der Waals surface area contributed by atoms with E-state index in [0.717, 1.165) is 17.5 Å². The maximum absolute atomic E-state index is 6.05. The van der Waals surface area contributed by atoms with Crippen molar-refractivity contribution in [3.63, 3.8) is 0 Å². The summed E-state index contributed by atoms with van der Waals surface area (Å²) in [6.07, 6.45) is 6.87. The Morgan fingerprint density at radius 3 is 2.59 bits per heavy atom. The molecule has 0 radical (unpaired) electrons. The number of hydrogen-bond donors (Lipinski definition) is 1. The number of nitrogens with zero attached hydrogens (tertiary/aromatic N) is 1. The highest BCUT2D eigenvalue weighted by atomic mass is 35.5. The smallest absolute Gasteiger partial charge is 0.152 e. The van der Waals surface area contributed by atoms with Crippen LogP contribution < -0.4 is 5.32 Å². The van der Waals surface area contributed by atoms with Crippen molar-refractivity contribution in [3.05, 3.63) is 23.5 Å². The summed E-state index contributed by atoms with van der Waals surface area (Å²) >= 11 is 6.05. The summed E-state index contributed by atoms with van der Waals surface area (Å²) in [6.45, 7) is 4.66. The Morgan fingerprint density at radius 1 is 1.29 bits per heavy atom. The topological polar surface area (TPSA) is 24.9 Å². The molecule has 2 rings (SSSR count). The molecule has 0 aromatic carbocycles. The molecule has 0 aliphatic heterocycles. The summed E-state index contributed by atoms with van der Waals surface area (Å²) in [5, 5.41) is 4.10. The van der Waals surface area contributed by atoms with Crippen molar-refractivity contribution in [1.82, 2.24) is 4.98 Å². The minimum absolute atomic E-state index is 0.562. The molecule has 1 aliphatic rings. The number of hydrogen-bond acceptors (Lipinski definition) is 2. The minimum Gasteiger partial charge on any atom is -0.380 e. The number of anilines is 1. The molecular weight excluding hydrogens is 232 g/mol. The van der Waals surface area contributed by atoms with Crippen molar-refractivity contribution in [3.8, 4) is 0 Å². The Kier molecular flexibility index (Phi) is 4.27. The second kappa shape index (κ2) is 5.72. The Hall–Kier alpha value is -0.760. The van der Waals surface area contributed by atoms with Gasteiger partial charge in [-0.25, -0.2) is 4.98 Å². The molecule has 1 aromatic heterocycles. The van der Waals surface area contributed by atoms with Gasteiger partial charge in [0.2, 0.25) is 0 Å². The third-order valence-electron chi connectivity index (χ3n) is 3.83. The first-order valence-corrected chi connectivity index (χ1v) is 6.91. The van der Waals surface area contributed by atoms with Crippen LogP contribution in [0.25, 0.3) is 0 Å². The zero-order valence-electron chi connectivity index (χ0n) is 10.6. The maximum Gasteiger partial charge on any atom is 0.152 e. The molecule has 1 heterocycles. The standard InChI is InChI=1S/C14H21ClN2/c1-10(2)11-5-7-12(8-6-11)17-13-4-3-9-16-14(13)15/h3-4,9-12,17H,5-8H2,1-2H3.